The van der Waals surface area contributed by atoms with Crippen LogP contribution in [0.25, 0.3) is 0 Å². The summed E-state index contributed by atoms with van der Waals surface area (Å²) in [5, 5.41) is 11.1. The van der Waals surface area contributed by atoms with Gasteiger partial charge in [0.1, 0.15) is 0 Å². The highest BCUT2D eigenvalue weighted by Gasteiger charge is 2.14. The third kappa shape index (κ3) is 3.92. The quantitative estimate of drug-likeness (QED) is 0.479. The monoisotopic (exact) mass is 174 g/mol. The first-order valence-corrected chi connectivity index (χ1v) is 3.72. The molecule has 0 radical (unpaired) electrons. The van der Waals surface area contributed by atoms with Crippen LogP contribution in [-0.4, -0.2) is 30.6 Å². The zero-order chi connectivity index (χ0) is 9.56. The molecule has 5 heteroatoms. The van der Waals surface area contributed by atoms with Gasteiger partial charge in [0.05, 0.1) is 12.5 Å². The van der Waals surface area contributed by atoms with Gasteiger partial charge in [-0.1, -0.05) is 0 Å². The van der Waals surface area contributed by atoms with Crippen LogP contribution in [0.15, 0.2) is 0 Å². The van der Waals surface area contributed by atoms with Gasteiger partial charge in [0.2, 0.25) is 11.8 Å². The standard InChI is InChI=1S/C7H14N2O3/c1-9-6(11)3-2-5(4-10)7(8)12/h5,10H,2-4H2,1H3,(H2,8,12)(H,9,11). The fraction of sp³-hybridized carbons (Fsp3) is 0.714. The minimum Gasteiger partial charge on any atom is -0.396 e. The number of carbonyl (C=O) groups is 2. The van der Waals surface area contributed by atoms with Gasteiger partial charge in [-0.2, -0.15) is 0 Å². The normalized spacial score (nSPS) is 12.2. The lowest BCUT2D eigenvalue weighted by Gasteiger charge is -2.08. The highest BCUT2D eigenvalue weighted by Crippen LogP contribution is 2.04. The molecule has 0 saturated heterocycles. The fourth-order valence-corrected chi connectivity index (χ4v) is 0.754. The number of aliphatic hydroxyl groups excluding tert-OH is 1. The summed E-state index contributed by atoms with van der Waals surface area (Å²) < 4.78 is 0. The molecule has 1 atom stereocenters. The predicted octanol–water partition coefficient (Wildman–Crippen LogP) is -1.39. The number of aliphatic hydroxyl groups is 1. The second kappa shape index (κ2) is 5.54. The van der Waals surface area contributed by atoms with E-state index < -0.39 is 11.8 Å². The van der Waals surface area contributed by atoms with Crippen LogP contribution in [0.4, 0.5) is 0 Å². The van der Waals surface area contributed by atoms with Gasteiger partial charge >= 0.3 is 0 Å². The van der Waals surface area contributed by atoms with Crippen molar-refractivity contribution in [2.75, 3.05) is 13.7 Å². The molecular weight excluding hydrogens is 160 g/mol. The lowest BCUT2D eigenvalue weighted by atomic mass is 10.0. The number of nitrogens with one attached hydrogen (secondary N) is 1. The molecule has 4 N–H and O–H groups in total. The van der Waals surface area contributed by atoms with Crippen LogP contribution in [0, 0.1) is 5.92 Å². The van der Waals surface area contributed by atoms with Crippen molar-refractivity contribution in [1.29, 1.82) is 0 Å². The molecule has 0 spiro atoms. The van der Waals surface area contributed by atoms with E-state index in [0.717, 1.165) is 0 Å². The predicted molar refractivity (Wildman–Crippen MR) is 43.1 cm³/mol. The molecule has 0 saturated carbocycles. The summed E-state index contributed by atoms with van der Waals surface area (Å²) in [6, 6.07) is 0. The van der Waals surface area contributed by atoms with Crippen molar-refractivity contribution in [2.24, 2.45) is 11.7 Å². The second-order valence-electron chi connectivity index (χ2n) is 2.49. The van der Waals surface area contributed by atoms with Crippen molar-refractivity contribution in [3.05, 3.63) is 0 Å². The fourth-order valence-electron chi connectivity index (χ4n) is 0.754. The minimum atomic E-state index is -0.609. The van der Waals surface area contributed by atoms with Crippen molar-refractivity contribution < 1.29 is 14.7 Å². The van der Waals surface area contributed by atoms with Crippen molar-refractivity contribution in [3.63, 3.8) is 0 Å². The molecule has 0 aromatic heterocycles. The first-order chi connectivity index (χ1) is 5.61. The number of hydrogen-bond donors (Lipinski definition) is 3. The van der Waals surface area contributed by atoms with Crippen LogP contribution in [0.3, 0.4) is 0 Å². The van der Waals surface area contributed by atoms with E-state index in [0.29, 0.717) is 6.42 Å². The third-order valence-electron chi connectivity index (χ3n) is 1.62. The minimum absolute atomic E-state index is 0.158. The molecule has 0 aromatic carbocycles. The first kappa shape index (κ1) is 10.9. The lowest BCUT2D eigenvalue weighted by Crippen LogP contribution is -2.28. The number of amides is 2. The summed E-state index contributed by atoms with van der Waals surface area (Å²) in [5.41, 5.74) is 4.94. The summed E-state index contributed by atoms with van der Waals surface area (Å²) in [6.45, 7) is -0.299. The smallest absolute Gasteiger partial charge is 0.222 e. The van der Waals surface area contributed by atoms with Gasteiger partial charge in [-0.15, -0.1) is 0 Å². The maximum atomic E-state index is 10.7. The lowest BCUT2D eigenvalue weighted by molar-refractivity contribution is -0.124. The van der Waals surface area contributed by atoms with Gasteiger partial charge in [-0.3, -0.25) is 9.59 Å². The zero-order valence-corrected chi connectivity index (χ0v) is 7.04. The summed E-state index contributed by atoms with van der Waals surface area (Å²) >= 11 is 0. The number of nitrogens with two attached hydrogens (primary N) is 1. The maximum absolute atomic E-state index is 10.7. The Hall–Kier alpha value is -1.10. The molecule has 0 aromatic rings. The van der Waals surface area contributed by atoms with Gasteiger partial charge in [0.25, 0.3) is 0 Å². The van der Waals surface area contributed by atoms with Gasteiger partial charge in [-0.25, -0.2) is 0 Å². The van der Waals surface area contributed by atoms with Crippen molar-refractivity contribution in [1.82, 2.24) is 5.32 Å². The van der Waals surface area contributed by atoms with Crippen LogP contribution in [0.5, 0.6) is 0 Å². The molecule has 2 amide bonds. The molecular formula is C7H14N2O3. The van der Waals surface area contributed by atoms with E-state index in [-0.39, 0.29) is 18.9 Å². The van der Waals surface area contributed by atoms with E-state index in [9.17, 15) is 9.59 Å². The molecule has 5 nitrogen and oxygen atoms in total. The molecule has 12 heavy (non-hydrogen) atoms. The van der Waals surface area contributed by atoms with Crippen LogP contribution in [0.1, 0.15) is 12.8 Å². The van der Waals surface area contributed by atoms with E-state index in [2.05, 4.69) is 5.32 Å². The van der Waals surface area contributed by atoms with Crippen LogP contribution in [-0.2, 0) is 9.59 Å². The van der Waals surface area contributed by atoms with Crippen LogP contribution < -0.4 is 11.1 Å². The van der Waals surface area contributed by atoms with E-state index in [1.807, 2.05) is 0 Å². The molecule has 0 bridgehead atoms. The van der Waals surface area contributed by atoms with Gasteiger partial charge < -0.3 is 16.2 Å². The van der Waals surface area contributed by atoms with E-state index >= 15 is 0 Å². The Morgan fingerprint density at radius 1 is 1.58 bits per heavy atom. The highest BCUT2D eigenvalue weighted by molar-refractivity contribution is 5.79. The van der Waals surface area contributed by atoms with E-state index in [1.54, 1.807) is 0 Å². The summed E-state index contributed by atoms with van der Waals surface area (Å²) in [4.78, 5) is 21.3. The van der Waals surface area contributed by atoms with Crippen LogP contribution >= 0.6 is 0 Å². The van der Waals surface area contributed by atoms with Crippen LogP contribution in [0.2, 0.25) is 0 Å². The molecule has 0 aliphatic rings. The zero-order valence-electron chi connectivity index (χ0n) is 7.04. The Bertz CT molecular complexity index is 170. The van der Waals surface area contributed by atoms with Crippen molar-refractivity contribution in [2.45, 2.75) is 12.8 Å². The number of carbonyl (C=O) groups excluding carboxylic acids is 2. The average molecular weight is 174 g/mol. The Labute approximate surface area is 70.9 Å². The number of hydrogen-bond acceptors (Lipinski definition) is 3. The van der Waals surface area contributed by atoms with Gasteiger partial charge in [0.15, 0.2) is 0 Å². The Morgan fingerprint density at radius 3 is 2.50 bits per heavy atom. The summed E-state index contributed by atoms with van der Waals surface area (Å²) in [7, 11) is 1.51. The molecule has 70 valence electrons. The largest absolute Gasteiger partial charge is 0.396 e. The topological polar surface area (TPSA) is 92.4 Å². The Morgan fingerprint density at radius 2 is 2.17 bits per heavy atom. The summed E-state index contributed by atoms with van der Waals surface area (Å²) in [6.07, 6.45) is 0.510. The Kier molecular flexibility index (Phi) is 5.03. The molecule has 0 heterocycles. The van der Waals surface area contributed by atoms with Crippen molar-refractivity contribution >= 4 is 11.8 Å². The Balaban J connectivity index is 3.73. The molecule has 1 unspecified atom stereocenters. The molecule has 0 fully saturated rings. The highest BCUT2D eigenvalue weighted by atomic mass is 16.3. The molecule has 0 aliphatic heterocycles. The van der Waals surface area contributed by atoms with Gasteiger partial charge in [-0.05, 0) is 6.42 Å². The summed E-state index contributed by atoms with van der Waals surface area (Å²) in [5.74, 6) is -1.33. The molecule has 0 aliphatic carbocycles. The number of rotatable bonds is 5. The van der Waals surface area contributed by atoms with Gasteiger partial charge in [0, 0.05) is 13.5 Å². The molecule has 0 rings (SSSR count). The van der Waals surface area contributed by atoms with E-state index in [4.69, 9.17) is 10.8 Å². The average Bonchev–Trinajstić information content (AvgIpc) is 2.04. The first-order valence-electron chi connectivity index (χ1n) is 3.72. The van der Waals surface area contributed by atoms with E-state index in [1.165, 1.54) is 7.05 Å². The number of primary amides is 1. The second-order valence-corrected chi connectivity index (χ2v) is 2.49. The van der Waals surface area contributed by atoms with Crippen molar-refractivity contribution in [3.8, 4) is 0 Å². The third-order valence-corrected chi connectivity index (χ3v) is 1.62. The maximum Gasteiger partial charge on any atom is 0.222 e. The SMILES string of the molecule is CNC(=O)CCC(CO)C(N)=O.